The molecule has 2 heteroatoms. The van der Waals surface area contributed by atoms with Crippen molar-refractivity contribution in [2.45, 2.75) is 32.7 Å². The van der Waals surface area contributed by atoms with Crippen molar-refractivity contribution in [3.8, 4) is 16.9 Å². The SMILES string of the molecule is CCCNC(C)c1ccc(-c2ccc3c(c2)CCO3)cc1. The number of hydrogen-bond acceptors (Lipinski definition) is 2. The van der Waals surface area contributed by atoms with Crippen LogP contribution in [0.25, 0.3) is 11.1 Å². The van der Waals surface area contributed by atoms with Gasteiger partial charge in [0.05, 0.1) is 6.61 Å². The molecule has 1 N–H and O–H groups in total. The summed E-state index contributed by atoms with van der Waals surface area (Å²) in [5, 5.41) is 3.53. The van der Waals surface area contributed by atoms with E-state index in [2.05, 4.69) is 61.6 Å². The van der Waals surface area contributed by atoms with E-state index in [0.717, 1.165) is 25.3 Å². The molecule has 0 amide bonds. The van der Waals surface area contributed by atoms with E-state index >= 15 is 0 Å². The molecule has 1 unspecified atom stereocenters. The highest BCUT2D eigenvalue weighted by molar-refractivity contribution is 5.66. The first-order valence-corrected chi connectivity index (χ1v) is 7.87. The zero-order valence-electron chi connectivity index (χ0n) is 12.9. The van der Waals surface area contributed by atoms with Crippen LogP contribution in [-0.2, 0) is 6.42 Å². The van der Waals surface area contributed by atoms with Gasteiger partial charge in [-0.25, -0.2) is 0 Å². The lowest BCUT2D eigenvalue weighted by molar-refractivity contribution is 0.357. The fourth-order valence-electron chi connectivity index (χ4n) is 2.81. The quantitative estimate of drug-likeness (QED) is 0.879. The molecule has 0 bridgehead atoms. The van der Waals surface area contributed by atoms with Crippen molar-refractivity contribution >= 4 is 0 Å². The number of ether oxygens (including phenoxy) is 1. The van der Waals surface area contributed by atoms with Gasteiger partial charge in [-0.05, 0) is 54.3 Å². The van der Waals surface area contributed by atoms with Crippen molar-refractivity contribution in [2.24, 2.45) is 0 Å². The van der Waals surface area contributed by atoms with Crippen LogP contribution in [-0.4, -0.2) is 13.2 Å². The molecule has 21 heavy (non-hydrogen) atoms. The van der Waals surface area contributed by atoms with Gasteiger partial charge in [0.1, 0.15) is 5.75 Å². The monoisotopic (exact) mass is 281 g/mol. The van der Waals surface area contributed by atoms with Crippen molar-refractivity contribution in [2.75, 3.05) is 13.2 Å². The van der Waals surface area contributed by atoms with E-state index < -0.39 is 0 Å². The average molecular weight is 281 g/mol. The summed E-state index contributed by atoms with van der Waals surface area (Å²) < 4.78 is 5.57. The molecule has 0 saturated carbocycles. The van der Waals surface area contributed by atoms with E-state index in [1.165, 1.54) is 28.7 Å². The van der Waals surface area contributed by atoms with Crippen LogP contribution in [0.3, 0.4) is 0 Å². The minimum atomic E-state index is 0.410. The smallest absolute Gasteiger partial charge is 0.122 e. The van der Waals surface area contributed by atoms with Crippen molar-refractivity contribution in [1.82, 2.24) is 5.32 Å². The lowest BCUT2D eigenvalue weighted by Crippen LogP contribution is -2.19. The Bertz CT molecular complexity index is 603. The van der Waals surface area contributed by atoms with Crippen molar-refractivity contribution < 1.29 is 4.74 Å². The Balaban J connectivity index is 1.77. The molecule has 2 nitrogen and oxygen atoms in total. The fourth-order valence-corrected chi connectivity index (χ4v) is 2.81. The van der Waals surface area contributed by atoms with Gasteiger partial charge in [-0.1, -0.05) is 37.3 Å². The van der Waals surface area contributed by atoms with E-state index in [1.54, 1.807) is 0 Å². The van der Waals surface area contributed by atoms with E-state index in [-0.39, 0.29) is 0 Å². The molecular weight excluding hydrogens is 258 g/mol. The summed E-state index contributed by atoms with van der Waals surface area (Å²) in [6.45, 7) is 6.30. The molecule has 1 aliphatic rings. The highest BCUT2D eigenvalue weighted by Crippen LogP contribution is 2.30. The fraction of sp³-hybridized carbons (Fsp3) is 0.368. The summed E-state index contributed by atoms with van der Waals surface area (Å²) in [5.41, 5.74) is 5.22. The summed E-state index contributed by atoms with van der Waals surface area (Å²) in [6.07, 6.45) is 2.19. The first kappa shape index (κ1) is 14.2. The summed E-state index contributed by atoms with van der Waals surface area (Å²) in [5.74, 6) is 1.05. The maximum Gasteiger partial charge on any atom is 0.122 e. The molecule has 0 spiro atoms. The number of benzene rings is 2. The molecule has 110 valence electrons. The normalized spacial score (nSPS) is 14.6. The van der Waals surface area contributed by atoms with Crippen LogP contribution < -0.4 is 10.1 Å². The van der Waals surface area contributed by atoms with Crippen LogP contribution in [0.2, 0.25) is 0 Å². The molecule has 2 aromatic carbocycles. The molecule has 0 saturated heterocycles. The number of nitrogens with one attached hydrogen (secondary N) is 1. The molecular formula is C19H23NO. The summed E-state index contributed by atoms with van der Waals surface area (Å²) in [6, 6.07) is 15.8. The second-order valence-electron chi connectivity index (χ2n) is 5.72. The Morgan fingerprint density at radius 3 is 2.62 bits per heavy atom. The predicted molar refractivity (Wildman–Crippen MR) is 87.8 cm³/mol. The Hall–Kier alpha value is -1.80. The van der Waals surface area contributed by atoms with E-state index in [0.29, 0.717) is 6.04 Å². The number of rotatable bonds is 5. The second kappa shape index (κ2) is 6.31. The van der Waals surface area contributed by atoms with Crippen LogP contribution in [0.1, 0.15) is 37.4 Å². The molecule has 2 aromatic rings. The van der Waals surface area contributed by atoms with Gasteiger partial charge >= 0.3 is 0 Å². The third-order valence-corrected chi connectivity index (χ3v) is 4.13. The van der Waals surface area contributed by atoms with Crippen LogP contribution >= 0.6 is 0 Å². The summed E-state index contributed by atoms with van der Waals surface area (Å²) in [7, 11) is 0. The van der Waals surface area contributed by atoms with Crippen molar-refractivity contribution in [1.29, 1.82) is 0 Å². The molecule has 0 radical (unpaired) electrons. The van der Waals surface area contributed by atoms with Gasteiger partial charge in [0.2, 0.25) is 0 Å². The Morgan fingerprint density at radius 2 is 1.86 bits per heavy atom. The maximum atomic E-state index is 5.57. The lowest BCUT2D eigenvalue weighted by atomic mass is 9.99. The minimum Gasteiger partial charge on any atom is -0.493 e. The van der Waals surface area contributed by atoms with E-state index in [9.17, 15) is 0 Å². The molecule has 1 aliphatic heterocycles. The number of fused-ring (bicyclic) bond motifs is 1. The van der Waals surface area contributed by atoms with E-state index in [1.807, 2.05) is 0 Å². The summed E-state index contributed by atoms with van der Waals surface area (Å²) in [4.78, 5) is 0. The molecule has 1 heterocycles. The topological polar surface area (TPSA) is 21.3 Å². The predicted octanol–water partition coefficient (Wildman–Crippen LogP) is 4.35. The van der Waals surface area contributed by atoms with Crippen molar-refractivity contribution in [3.05, 3.63) is 53.6 Å². The molecule has 0 aliphatic carbocycles. The molecule has 1 atom stereocenters. The van der Waals surface area contributed by atoms with Crippen molar-refractivity contribution in [3.63, 3.8) is 0 Å². The largest absolute Gasteiger partial charge is 0.493 e. The van der Waals surface area contributed by atoms with Gasteiger partial charge in [-0.3, -0.25) is 0 Å². The van der Waals surface area contributed by atoms with Crippen LogP contribution in [0.4, 0.5) is 0 Å². The molecule has 0 fully saturated rings. The second-order valence-corrected chi connectivity index (χ2v) is 5.72. The Morgan fingerprint density at radius 1 is 1.10 bits per heavy atom. The lowest BCUT2D eigenvalue weighted by Gasteiger charge is -2.14. The minimum absolute atomic E-state index is 0.410. The van der Waals surface area contributed by atoms with Gasteiger partial charge in [0.15, 0.2) is 0 Å². The zero-order valence-corrected chi connectivity index (χ0v) is 12.9. The van der Waals surface area contributed by atoms with Gasteiger partial charge < -0.3 is 10.1 Å². The van der Waals surface area contributed by atoms with Gasteiger partial charge in [0.25, 0.3) is 0 Å². The maximum absolute atomic E-state index is 5.57. The van der Waals surface area contributed by atoms with Crippen LogP contribution in [0, 0.1) is 0 Å². The highest BCUT2D eigenvalue weighted by Gasteiger charge is 2.12. The Labute approximate surface area is 127 Å². The molecule has 3 rings (SSSR count). The third kappa shape index (κ3) is 3.11. The van der Waals surface area contributed by atoms with Gasteiger partial charge in [-0.2, -0.15) is 0 Å². The first-order chi connectivity index (χ1) is 10.3. The average Bonchev–Trinajstić information content (AvgIpc) is 3.00. The van der Waals surface area contributed by atoms with Crippen LogP contribution in [0.5, 0.6) is 5.75 Å². The first-order valence-electron chi connectivity index (χ1n) is 7.87. The standard InChI is InChI=1S/C19H23NO/c1-3-11-20-14(2)15-4-6-16(7-5-15)17-8-9-19-18(13-17)10-12-21-19/h4-9,13-14,20H,3,10-12H2,1-2H3. The molecule has 0 aromatic heterocycles. The van der Waals surface area contributed by atoms with Crippen LogP contribution in [0.15, 0.2) is 42.5 Å². The zero-order chi connectivity index (χ0) is 14.7. The van der Waals surface area contributed by atoms with Gasteiger partial charge in [-0.15, -0.1) is 0 Å². The third-order valence-electron chi connectivity index (χ3n) is 4.13. The van der Waals surface area contributed by atoms with E-state index in [4.69, 9.17) is 4.74 Å². The van der Waals surface area contributed by atoms with Gasteiger partial charge in [0, 0.05) is 12.5 Å². The highest BCUT2D eigenvalue weighted by atomic mass is 16.5. The summed E-state index contributed by atoms with van der Waals surface area (Å²) >= 11 is 0. The Kier molecular flexibility index (Phi) is 4.26. The number of hydrogen-bond donors (Lipinski definition) is 1.